The second kappa shape index (κ2) is 8.70. The van der Waals surface area contributed by atoms with Crippen LogP contribution < -0.4 is 4.18 Å². The zero-order valence-corrected chi connectivity index (χ0v) is 16.3. The molecule has 3 rings (SSSR count). The lowest BCUT2D eigenvalue weighted by atomic mass is 10.2. The standard InChI is InChI=1S/C20H22FNO5S/c1-26-13-12-22(20(23)16-4-5-16)14-15-2-8-18(9-3-15)27-28(24,25)19-10-6-17(21)7-11-19/h2-3,6-11,16H,4-5,12-14H2,1H3. The van der Waals surface area contributed by atoms with Crippen LogP contribution in [0.2, 0.25) is 0 Å². The molecular weight excluding hydrogens is 385 g/mol. The van der Waals surface area contributed by atoms with Crippen LogP contribution in [0.15, 0.2) is 53.4 Å². The van der Waals surface area contributed by atoms with Gasteiger partial charge in [0, 0.05) is 26.1 Å². The van der Waals surface area contributed by atoms with Gasteiger partial charge in [0.25, 0.3) is 0 Å². The van der Waals surface area contributed by atoms with Crippen LogP contribution in [-0.2, 0) is 26.2 Å². The number of halogens is 1. The van der Waals surface area contributed by atoms with E-state index in [0.717, 1.165) is 42.7 Å². The van der Waals surface area contributed by atoms with Crippen LogP contribution in [0.25, 0.3) is 0 Å². The quantitative estimate of drug-likeness (QED) is 0.598. The van der Waals surface area contributed by atoms with Gasteiger partial charge >= 0.3 is 10.1 Å². The molecule has 0 spiro atoms. The predicted octanol–water partition coefficient (Wildman–Crippen LogP) is 2.98. The van der Waals surface area contributed by atoms with Crippen LogP contribution in [0, 0.1) is 11.7 Å². The van der Waals surface area contributed by atoms with Gasteiger partial charge in [-0.25, -0.2) is 4.39 Å². The zero-order chi connectivity index (χ0) is 20.1. The van der Waals surface area contributed by atoms with Gasteiger partial charge in [0.05, 0.1) is 6.61 Å². The molecule has 150 valence electrons. The average molecular weight is 407 g/mol. The molecule has 28 heavy (non-hydrogen) atoms. The van der Waals surface area contributed by atoms with Gasteiger partial charge in [-0.2, -0.15) is 8.42 Å². The van der Waals surface area contributed by atoms with Crippen molar-refractivity contribution in [3.8, 4) is 5.75 Å². The van der Waals surface area contributed by atoms with Crippen LogP contribution >= 0.6 is 0 Å². The molecule has 0 aromatic heterocycles. The molecule has 1 saturated carbocycles. The highest BCUT2D eigenvalue weighted by molar-refractivity contribution is 7.87. The van der Waals surface area contributed by atoms with Gasteiger partial charge in [-0.1, -0.05) is 12.1 Å². The maximum absolute atomic E-state index is 13.0. The van der Waals surface area contributed by atoms with E-state index in [-0.39, 0.29) is 22.5 Å². The summed E-state index contributed by atoms with van der Waals surface area (Å²) in [6.45, 7) is 1.38. The third kappa shape index (κ3) is 5.30. The fourth-order valence-electron chi connectivity index (χ4n) is 2.70. The van der Waals surface area contributed by atoms with Crippen molar-refractivity contribution in [3.63, 3.8) is 0 Å². The molecule has 0 atom stereocenters. The predicted molar refractivity (Wildman–Crippen MR) is 101 cm³/mol. The zero-order valence-electron chi connectivity index (χ0n) is 15.5. The minimum atomic E-state index is -4.04. The van der Waals surface area contributed by atoms with Crippen molar-refractivity contribution in [1.29, 1.82) is 0 Å². The third-order valence-corrected chi connectivity index (χ3v) is 5.67. The fraction of sp³-hybridized carbons (Fsp3) is 0.350. The Balaban J connectivity index is 1.66. The lowest BCUT2D eigenvalue weighted by molar-refractivity contribution is -0.133. The number of carbonyl (C=O) groups excluding carboxylic acids is 1. The van der Waals surface area contributed by atoms with E-state index in [1.807, 2.05) is 0 Å². The highest BCUT2D eigenvalue weighted by Crippen LogP contribution is 2.31. The molecule has 6 nitrogen and oxygen atoms in total. The largest absolute Gasteiger partial charge is 0.383 e. The number of benzene rings is 2. The summed E-state index contributed by atoms with van der Waals surface area (Å²) in [6.07, 6.45) is 1.85. The number of amides is 1. The van der Waals surface area contributed by atoms with Crippen LogP contribution in [0.3, 0.4) is 0 Å². The minimum absolute atomic E-state index is 0.111. The molecule has 1 fully saturated rings. The average Bonchev–Trinajstić information content (AvgIpc) is 3.51. The van der Waals surface area contributed by atoms with Gasteiger partial charge < -0.3 is 13.8 Å². The topological polar surface area (TPSA) is 72.9 Å². The van der Waals surface area contributed by atoms with Crippen LogP contribution in [0.5, 0.6) is 5.75 Å². The minimum Gasteiger partial charge on any atom is -0.383 e. The summed E-state index contributed by atoms with van der Waals surface area (Å²) in [6, 6.07) is 10.9. The maximum atomic E-state index is 13.0. The van der Waals surface area contributed by atoms with E-state index in [0.29, 0.717) is 19.7 Å². The van der Waals surface area contributed by atoms with Gasteiger partial charge in [0.1, 0.15) is 16.5 Å². The summed E-state index contributed by atoms with van der Waals surface area (Å²) >= 11 is 0. The fourth-order valence-corrected chi connectivity index (χ4v) is 3.63. The Morgan fingerprint density at radius 1 is 1.11 bits per heavy atom. The smallest absolute Gasteiger partial charge is 0.339 e. The van der Waals surface area contributed by atoms with E-state index in [4.69, 9.17) is 8.92 Å². The highest BCUT2D eigenvalue weighted by atomic mass is 32.2. The summed E-state index contributed by atoms with van der Waals surface area (Å²) < 4.78 is 47.7. The Morgan fingerprint density at radius 2 is 1.75 bits per heavy atom. The molecule has 0 N–H and O–H groups in total. The van der Waals surface area contributed by atoms with Crippen molar-refractivity contribution in [3.05, 3.63) is 59.9 Å². The normalized spacial score (nSPS) is 13.9. The molecule has 2 aromatic rings. The molecule has 0 unspecified atom stereocenters. The van der Waals surface area contributed by atoms with Crippen LogP contribution in [-0.4, -0.2) is 39.5 Å². The van der Waals surface area contributed by atoms with Crippen molar-refractivity contribution in [2.75, 3.05) is 20.3 Å². The Kier molecular flexibility index (Phi) is 6.31. The number of methoxy groups -OCH3 is 1. The molecule has 0 heterocycles. The summed E-state index contributed by atoms with van der Waals surface area (Å²) in [5, 5.41) is 0. The van der Waals surface area contributed by atoms with Crippen molar-refractivity contribution in [1.82, 2.24) is 4.90 Å². The Bertz CT molecular complexity index is 909. The summed E-state index contributed by atoms with van der Waals surface area (Å²) in [4.78, 5) is 14.0. The van der Waals surface area contributed by atoms with E-state index in [1.165, 1.54) is 12.1 Å². The van der Waals surface area contributed by atoms with E-state index in [9.17, 15) is 17.6 Å². The highest BCUT2D eigenvalue weighted by Gasteiger charge is 2.33. The first-order valence-corrected chi connectivity index (χ1v) is 10.4. The second-order valence-electron chi connectivity index (χ2n) is 6.66. The SMILES string of the molecule is COCCN(Cc1ccc(OS(=O)(=O)c2ccc(F)cc2)cc1)C(=O)C1CC1. The Morgan fingerprint density at radius 3 is 2.32 bits per heavy atom. The Labute approximate surface area is 164 Å². The second-order valence-corrected chi connectivity index (χ2v) is 8.21. The Hall–Kier alpha value is -2.45. The number of hydrogen-bond donors (Lipinski definition) is 0. The van der Waals surface area contributed by atoms with Gasteiger partial charge in [-0.05, 0) is 54.8 Å². The molecule has 0 bridgehead atoms. The molecule has 0 saturated heterocycles. The number of ether oxygens (including phenoxy) is 1. The first-order valence-electron chi connectivity index (χ1n) is 8.96. The van der Waals surface area contributed by atoms with Gasteiger partial charge in [0.2, 0.25) is 5.91 Å². The third-order valence-electron chi connectivity index (χ3n) is 4.41. The van der Waals surface area contributed by atoms with E-state index in [1.54, 1.807) is 24.1 Å². The van der Waals surface area contributed by atoms with Crippen LogP contribution in [0.1, 0.15) is 18.4 Å². The van der Waals surface area contributed by atoms with Gasteiger partial charge in [0.15, 0.2) is 0 Å². The van der Waals surface area contributed by atoms with E-state index < -0.39 is 15.9 Å². The maximum Gasteiger partial charge on any atom is 0.339 e. The summed E-state index contributed by atoms with van der Waals surface area (Å²) in [5.41, 5.74) is 0.858. The van der Waals surface area contributed by atoms with Gasteiger partial charge in [-0.3, -0.25) is 4.79 Å². The van der Waals surface area contributed by atoms with Crippen molar-refractivity contribution < 1.29 is 26.5 Å². The molecular formula is C20H22FNO5S. The first kappa shape index (κ1) is 20.3. The monoisotopic (exact) mass is 407 g/mol. The van der Waals surface area contributed by atoms with Gasteiger partial charge in [-0.15, -0.1) is 0 Å². The first-order chi connectivity index (χ1) is 13.4. The lowest BCUT2D eigenvalue weighted by Crippen LogP contribution is -2.34. The molecule has 1 aliphatic rings. The molecule has 1 amide bonds. The van der Waals surface area contributed by atoms with E-state index >= 15 is 0 Å². The molecule has 2 aromatic carbocycles. The summed E-state index contributed by atoms with van der Waals surface area (Å²) in [5.74, 6) is -0.149. The number of carbonyl (C=O) groups is 1. The lowest BCUT2D eigenvalue weighted by Gasteiger charge is -2.22. The molecule has 0 radical (unpaired) electrons. The molecule has 0 aliphatic heterocycles. The molecule has 1 aliphatic carbocycles. The number of rotatable bonds is 9. The van der Waals surface area contributed by atoms with Crippen molar-refractivity contribution >= 4 is 16.0 Å². The van der Waals surface area contributed by atoms with Crippen LogP contribution in [0.4, 0.5) is 4.39 Å². The number of nitrogens with zero attached hydrogens (tertiary/aromatic N) is 1. The molecule has 8 heteroatoms. The van der Waals surface area contributed by atoms with Crippen molar-refractivity contribution in [2.24, 2.45) is 5.92 Å². The number of hydrogen-bond acceptors (Lipinski definition) is 5. The van der Waals surface area contributed by atoms with Crippen molar-refractivity contribution in [2.45, 2.75) is 24.3 Å². The van der Waals surface area contributed by atoms with E-state index in [2.05, 4.69) is 0 Å². The summed E-state index contributed by atoms with van der Waals surface area (Å²) in [7, 11) is -2.45.